The van der Waals surface area contributed by atoms with Crippen molar-refractivity contribution in [2.75, 3.05) is 11.9 Å². The Hall–Kier alpha value is -0.360. The van der Waals surface area contributed by atoms with E-state index in [-0.39, 0.29) is 6.61 Å². The van der Waals surface area contributed by atoms with Gasteiger partial charge in [0.05, 0.1) is 13.2 Å². The highest BCUT2D eigenvalue weighted by atomic mass is 79.9. The molecule has 0 fully saturated rings. The normalized spacial score (nSPS) is 10.7. The fraction of sp³-hybridized carbons (Fsp3) is 0.231. The summed E-state index contributed by atoms with van der Waals surface area (Å²) in [6.07, 6.45) is 0. The standard InChI is InChI=1S/C13H13Br2NOS/c1-16(6-12-5-11(15)8-18-12)13-3-2-10(14)4-9(13)7-17/h2-5,8,17H,6-7H2,1H3. The molecule has 1 aromatic heterocycles. The summed E-state index contributed by atoms with van der Waals surface area (Å²) in [4.78, 5) is 3.44. The topological polar surface area (TPSA) is 23.5 Å². The molecule has 0 atom stereocenters. The second kappa shape index (κ2) is 6.19. The number of aliphatic hydroxyl groups excluding tert-OH is 1. The molecule has 1 heterocycles. The number of anilines is 1. The highest BCUT2D eigenvalue weighted by molar-refractivity contribution is 9.10. The minimum atomic E-state index is 0.0489. The van der Waals surface area contributed by atoms with Crippen LogP contribution in [0.25, 0.3) is 0 Å². The fourth-order valence-electron chi connectivity index (χ4n) is 1.81. The summed E-state index contributed by atoms with van der Waals surface area (Å²) in [5, 5.41) is 11.5. The van der Waals surface area contributed by atoms with E-state index < -0.39 is 0 Å². The van der Waals surface area contributed by atoms with Gasteiger partial charge in [-0.05, 0) is 40.2 Å². The molecule has 0 aliphatic carbocycles. The summed E-state index contributed by atoms with van der Waals surface area (Å²) < 4.78 is 2.11. The first-order valence-electron chi connectivity index (χ1n) is 5.43. The molecule has 96 valence electrons. The third-order valence-corrected chi connectivity index (χ3v) is 4.81. The molecule has 0 aliphatic rings. The third kappa shape index (κ3) is 3.35. The Morgan fingerprint density at radius 1 is 1.22 bits per heavy atom. The van der Waals surface area contributed by atoms with Crippen LogP contribution in [0.1, 0.15) is 10.4 Å². The Morgan fingerprint density at radius 3 is 2.61 bits per heavy atom. The van der Waals surface area contributed by atoms with Crippen LogP contribution in [0.4, 0.5) is 5.69 Å². The van der Waals surface area contributed by atoms with Gasteiger partial charge in [-0.1, -0.05) is 15.9 Å². The van der Waals surface area contributed by atoms with Gasteiger partial charge in [0.2, 0.25) is 0 Å². The summed E-state index contributed by atoms with van der Waals surface area (Å²) in [5.74, 6) is 0. The fourth-order valence-corrected chi connectivity index (χ4v) is 3.72. The van der Waals surface area contributed by atoms with Crippen molar-refractivity contribution in [1.82, 2.24) is 0 Å². The van der Waals surface area contributed by atoms with Crippen molar-refractivity contribution in [2.24, 2.45) is 0 Å². The number of thiophene rings is 1. The number of hydrogen-bond acceptors (Lipinski definition) is 3. The van der Waals surface area contributed by atoms with E-state index >= 15 is 0 Å². The zero-order chi connectivity index (χ0) is 13.1. The Balaban J connectivity index is 2.20. The molecule has 2 aromatic rings. The van der Waals surface area contributed by atoms with E-state index in [9.17, 15) is 5.11 Å². The van der Waals surface area contributed by atoms with Gasteiger partial charge in [0.1, 0.15) is 0 Å². The molecule has 0 saturated heterocycles. The maximum absolute atomic E-state index is 9.41. The van der Waals surface area contributed by atoms with Crippen LogP contribution in [0.3, 0.4) is 0 Å². The van der Waals surface area contributed by atoms with Gasteiger partial charge >= 0.3 is 0 Å². The van der Waals surface area contributed by atoms with Crippen LogP contribution in [-0.4, -0.2) is 12.2 Å². The summed E-state index contributed by atoms with van der Waals surface area (Å²) in [7, 11) is 2.04. The summed E-state index contributed by atoms with van der Waals surface area (Å²) in [5.41, 5.74) is 1.99. The lowest BCUT2D eigenvalue weighted by Gasteiger charge is -2.21. The van der Waals surface area contributed by atoms with E-state index in [4.69, 9.17) is 0 Å². The predicted octanol–water partition coefficient (Wildman–Crippen LogP) is 4.40. The van der Waals surface area contributed by atoms with E-state index in [2.05, 4.69) is 48.2 Å². The molecule has 0 aliphatic heterocycles. The number of nitrogens with zero attached hydrogens (tertiary/aromatic N) is 1. The van der Waals surface area contributed by atoms with Crippen LogP contribution in [0.5, 0.6) is 0 Å². The van der Waals surface area contributed by atoms with Gasteiger partial charge in [0.15, 0.2) is 0 Å². The molecule has 2 rings (SSSR count). The average Bonchev–Trinajstić information content (AvgIpc) is 2.74. The van der Waals surface area contributed by atoms with E-state index in [1.807, 2.05) is 25.2 Å². The minimum absolute atomic E-state index is 0.0489. The molecule has 1 N–H and O–H groups in total. The molecule has 0 bridgehead atoms. The van der Waals surface area contributed by atoms with Gasteiger partial charge in [-0.25, -0.2) is 0 Å². The molecule has 0 amide bonds. The molecule has 2 nitrogen and oxygen atoms in total. The van der Waals surface area contributed by atoms with Crippen molar-refractivity contribution in [3.05, 3.63) is 49.0 Å². The van der Waals surface area contributed by atoms with E-state index in [0.717, 1.165) is 26.7 Å². The van der Waals surface area contributed by atoms with Crippen molar-refractivity contribution in [1.29, 1.82) is 0 Å². The number of aliphatic hydroxyl groups is 1. The van der Waals surface area contributed by atoms with Crippen LogP contribution in [0, 0.1) is 0 Å². The first kappa shape index (κ1) is 14.1. The highest BCUT2D eigenvalue weighted by Gasteiger charge is 2.09. The van der Waals surface area contributed by atoms with Gasteiger partial charge in [0.25, 0.3) is 0 Å². The first-order chi connectivity index (χ1) is 8.60. The van der Waals surface area contributed by atoms with Crippen LogP contribution in [0.2, 0.25) is 0 Å². The molecular weight excluding hydrogens is 378 g/mol. The summed E-state index contributed by atoms with van der Waals surface area (Å²) in [6, 6.07) is 8.10. The van der Waals surface area contributed by atoms with Crippen molar-refractivity contribution < 1.29 is 5.11 Å². The molecule has 0 saturated carbocycles. The number of halogens is 2. The van der Waals surface area contributed by atoms with Crippen LogP contribution in [-0.2, 0) is 13.2 Å². The summed E-state index contributed by atoms with van der Waals surface area (Å²) in [6.45, 7) is 0.887. The molecule has 0 unspecified atom stereocenters. The Labute approximate surface area is 128 Å². The zero-order valence-corrected chi connectivity index (χ0v) is 13.8. The highest BCUT2D eigenvalue weighted by Crippen LogP contribution is 2.27. The van der Waals surface area contributed by atoms with E-state index in [0.29, 0.717) is 0 Å². The van der Waals surface area contributed by atoms with Crippen LogP contribution >= 0.6 is 43.2 Å². The molecular formula is C13H13Br2NOS. The van der Waals surface area contributed by atoms with Crippen LogP contribution < -0.4 is 4.90 Å². The van der Waals surface area contributed by atoms with E-state index in [1.54, 1.807) is 11.3 Å². The maximum atomic E-state index is 9.41. The van der Waals surface area contributed by atoms with Crippen molar-refractivity contribution in [2.45, 2.75) is 13.2 Å². The average molecular weight is 391 g/mol. The van der Waals surface area contributed by atoms with Gasteiger partial charge < -0.3 is 10.0 Å². The number of hydrogen-bond donors (Lipinski definition) is 1. The quantitative estimate of drug-likeness (QED) is 0.836. The van der Waals surface area contributed by atoms with Gasteiger partial charge in [-0.3, -0.25) is 0 Å². The Kier molecular flexibility index (Phi) is 4.84. The zero-order valence-electron chi connectivity index (χ0n) is 9.86. The van der Waals surface area contributed by atoms with Gasteiger partial charge in [0, 0.05) is 37.5 Å². The molecule has 1 aromatic carbocycles. The number of benzene rings is 1. The van der Waals surface area contributed by atoms with Crippen molar-refractivity contribution in [3.8, 4) is 0 Å². The SMILES string of the molecule is CN(Cc1cc(Br)cs1)c1ccc(Br)cc1CO. The summed E-state index contributed by atoms with van der Waals surface area (Å²) >= 11 is 8.61. The Morgan fingerprint density at radius 2 is 2.00 bits per heavy atom. The third-order valence-electron chi connectivity index (χ3n) is 2.64. The smallest absolute Gasteiger partial charge is 0.0702 e. The predicted molar refractivity (Wildman–Crippen MR) is 84.2 cm³/mol. The molecule has 5 heteroatoms. The monoisotopic (exact) mass is 389 g/mol. The lowest BCUT2D eigenvalue weighted by molar-refractivity contribution is 0.282. The largest absolute Gasteiger partial charge is 0.392 e. The first-order valence-corrected chi connectivity index (χ1v) is 7.90. The van der Waals surface area contributed by atoms with Crippen LogP contribution in [0.15, 0.2) is 38.6 Å². The van der Waals surface area contributed by atoms with Crippen molar-refractivity contribution in [3.63, 3.8) is 0 Å². The van der Waals surface area contributed by atoms with E-state index in [1.165, 1.54) is 4.88 Å². The number of rotatable bonds is 4. The van der Waals surface area contributed by atoms with Gasteiger partial charge in [-0.2, -0.15) is 0 Å². The maximum Gasteiger partial charge on any atom is 0.0702 e. The lowest BCUT2D eigenvalue weighted by atomic mass is 10.1. The Bertz CT molecular complexity index is 542. The molecule has 0 spiro atoms. The molecule has 0 radical (unpaired) electrons. The minimum Gasteiger partial charge on any atom is -0.392 e. The van der Waals surface area contributed by atoms with Gasteiger partial charge in [-0.15, -0.1) is 11.3 Å². The van der Waals surface area contributed by atoms with Crippen molar-refractivity contribution >= 4 is 48.9 Å². The second-order valence-electron chi connectivity index (χ2n) is 4.02. The second-order valence-corrected chi connectivity index (χ2v) is 6.85. The lowest BCUT2D eigenvalue weighted by Crippen LogP contribution is -2.17. The molecule has 18 heavy (non-hydrogen) atoms.